The van der Waals surface area contributed by atoms with Crippen LogP contribution in [0.2, 0.25) is 0 Å². The monoisotopic (exact) mass is 459 g/mol. The molecule has 2 heterocycles. The molecule has 0 fully saturated rings. The molecule has 10 heteroatoms. The van der Waals surface area contributed by atoms with Gasteiger partial charge < -0.3 is 14.8 Å². The number of methoxy groups -OCH3 is 2. The summed E-state index contributed by atoms with van der Waals surface area (Å²) in [6.07, 6.45) is 2.27. The zero-order valence-corrected chi connectivity index (χ0v) is 19.6. The number of dihydropyridines is 1. The van der Waals surface area contributed by atoms with E-state index >= 15 is 0 Å². The number of nitrogens with one attached hydrogen (secondary N) is 1. The second kappa shape index (κ2) is 9.99. The predicted molar refractivity (Wildman–Crippen MR) is 123 cm³/mol. The van der Waals surface area contributed by atoms with Gasteiger partial charge in [0.25, 0.3) is 5.84 Å². The van der Waals surface area contributed by atoms with E-state index in [1.807, 2.05) is 25.1 Å². The van der Waals surface area contributed by atoms with Crippen LogP contribution < -0.4 is 14.8 Å². The van der Waals surface area contributed by atoms with Gasteiger partial charge in [0.15, 0.2) is 17.4 Å². The van der Waals surface area contributed by atoms with Gasteiger partial charge in [0.1, 0.15) is 6.21 Å². The topological polar surface area (TPSA) is 100 Å². The summed E-state index contributed by atoms with van der Waals surface area (Å²) in [7, 11) is 6.21. The van der Waals surface area contributed by atoms with Gasteiger partial charge in [0, 0.05) is 11.4 Å². The summed E-state index contributed by atoms with van der Waals surface area (Å²) in [5.41, 5.74) is 1.83. The Hall–Kier alpha value is -3.14. The summed E-state index contributed by atoms with van der Waals surface area (Å²) in [6.45, 7) is 2.31. The van der Waals surface area contributed by atoms with Gasteiger partial charge >= 0.3 is 11.9 Å². The third kappa shape index (κ3) is 4.69. The van der Waals surface area contributed by atoms with Crippen molar-refractivity contribution in [3.8, 4) is 11.5 Å². The Morgan fingerprint density at radius 2 is 1.97 bits per heavy atom. The maximum Gasteiger partial charge on any atom is 0.445 e. The van der Waals surface area contributed by atoms with Crippen LogP contribution in [-0.2, 0) is 16.0 Å². The van der Waals surface area contributed by atoms with E-state index in [-0.39, 0.29) is 17.6 Å². The van der Waals surface area contributed by atoms with Crippen molar-refractivity contribution in [1.82, 2.24) is 10.2 Å². The minimum atomic E-state index is -0.669. The van der Waals surface area contributed by atoms with E-state index in [1.54, 1.807) is 27.5 Å². The molecule has 0 radical (unpaired) electrons. The second-order valence-electron chi connectivity index (χ2n) is 7.41. The standard InChI is InChI=1S/C22H26N4O5S/c1-13-11-24-20-18(21(28)26(3)22(29)25(20)2)19(13)32-12-17(27)23-9-8-14-6-7-15(30-4)16(10-14)31-5/h6-7,10-11,18H,8-9,12H2,1-5H3/p+1. The highest BCUT2D eigenvalue weighted by atomic mass is 32.2. The van der Waals surface area contributed by atoms with Gasteiger partial charge in [-0.1, -0.05) is 6.07 Å². The Morgan fingerprint density at radius 1 is 1.25 bits per heavy atom. The lowest BCUT2D eigenvalue weighted by molar-refractivity contribution is -0.407. The van der Waals surface area contributed by atoms with Gasteiger partial charge in [-0.3, -0.25) is 9.59 Å². The number of urea groups is 1. The zero-order valence-electron chi connectivity index (χ0n) is 18.8. The van der Waals surface area contributed by atoms with Crippen LogP contribution in [-0.4, -0.2) is 80.0 Å². The molecule has 0 saturated heterocycles. The molecule has 4 amide bonds. The van der Waals surface area contributed by atoms with Crippen molar-refractivity contribution in [3.05, 3.63) is 34.2 Å². The summed E-state index contributed by atoms with van der Waals surface area (Å²) >= 11 is 1.30. The molecule has 32 heavy (non-hydrogen) atoms. The summed E-state index contributed by atoms with van der Waals surface area (Å²) < 4.78 is 11.9. The van der Waals surface area contributed by atoms with Gasteiger partial charge in [-0.25, -0.2) is 4.79 Å². The van der Waals surface area contributed by atoms with Crippen LogP contribution in [0.3, 0.4) is 0 Å². The largest absolute Gasteiger partial charge is 0.493 e. The Labute approximate surface area is 191 Å². The first-order valence-electron chi connectivity index (χ1n) is 10.1. The van der Waals surface area contributed by atoms with E-state index in [9.17, 15) is 14.4 Å². The van der Waals surface area contributed by atoms with Crippen molar-refractivity contribution >= 4 is 41.7 Å². The fraction of sp³-hybridized carbons (Fsp3) is 0.409. The maximum absolute atomic E-state index is 12.8. The molecule has 1 atom stereocenters. The number of imide groups is 1. The second-order valence-corrected chi connectivity index (χ2v) is 8.43. The molecule has 0 spiro atoms. The number of amidine groups is 1. The summed E-state index contributed by atoms with van der Waals surface area (Å²) in [6, 6.07) is 5.23. The quantitative estimate of drug-likeness (QED) is 0.594. The fourth-order valence-electron chi connectivity index (χ4n) is 3.53. The molecule has 2 aliphatic heterocycles. The van der Waals surface area contributed by atoms with E-state index in [1.165, 1.54) is 23.4 Å². The number of amides is 4. The molecule has 0 aromatic heterocycles. The Kier molecular flexibility index (Phi) is 7.34. The van der Waals surface area contributed by atoms with Crippen molar-refractivity contribution in [3.63, 3.8) is 0 Å². The lowest BCUT2D eigenvalue weighted by atomic mass is 9.99. The Bertz CT molecular complexity index is 1050. The van der Waals surface area contributed by atoms with Crippen LogP contribution in [0.25, 0.3) is 0 Å². The number of carbonyl (C=O) groups is 3. The van der Waals surface area contributed by atoms with Crippen molar-refractivity contribution in [2.45, 2.75) is 13.3 Å². The molecule has 0 saturated carbocycles. The molecule has 1 aromatic carbocycles. The minimum Gasteiger partial charge on any atom is -0.493 e. The molecule has 9 nitrogen and oxygen atoms in total. The molecule has 2 aliphatic rings. The molecule has 1 N–H and O–H groups in total. The number of fused-ring (bicyclic) bond motifs is 1. The molecule has 3 rings (SSSR count). The van der Waals surface area contributed by atoms with Crippen LogP contribution in [0, 0.1) is 5.92 Å². The molecule has 0 bridgehead atoms. The number of ether oxygens (including phenoxy) is 2. The lowest BCUT2D eigenvalue weighted by Gasteiger charge is -2.27. The van der Waals surface area contributed by atoms with E-state index in [0.717, 1.165) is 20.9 Å². The molecule has 1 aromatic rings. The van der Waals surface area contributed by atoms with Crippen LogP contribution in [0.15, 0.2) is 33.7 Å². The number of allylic oxidation sites excluding steroid dienone is 1. The number of carbonyl (C=O) groups excluding carboxylic acids is 3. The van der Waals surface area contributed by atoms with E-state index in [4.69, 9.17) is 9.47 Å². The molecular weight excluding hydrogens is 432 g/mol. The molecule has 1 unspecified atom stereocenters. The van der Waals surface area contributed by atoms with Crippen LogP contribution in [0.5, 0.6) is 11.5 Å². The number of hydrogen-bond acceptors (Lipinski definition) is 7. The summed E-state index contributed by atoms with van der Waals surface area (Å²) in [5.74, 6) is 0.702. The van der Waals surface area contributed by atoms with Gasteiger partial charge in [0.2, 0.25) is 5.91 Å². The third-order valence-electron chi connectivity index (χ3n) is 5.34. The van der Waals surface area contributed by atoms with Gasteiger partial charge in [0.05, 0.1) is 34.1 Å². The summed E-state index contributed by atoms with van der Waals surface area (Å²) in [4.78, 5) is 43.5. The summed E-state index contributed by atoms with van der Waals surface area (Å²) in [5, 5.41) is 2.90. The first-order valence-corrected chi connectivity index (χ1v) is 11.0. The molecular formula is C22H27N4O5S+. The predicted octanol–water partition coefficient (Wildman–Crippen LogP) is 1.70. The average molecular weight is 460 g/mol. The van der Waals surface area contributed by atoms with Crippen molar-refractivity contribution in [2.24, 2.45) is 10.9 Å². The maximum atomic E-state index is 12.8. The van der Waals surface area contributed by atoms with Crippen LogP contribution in [0.1, 0.15) is 12.5 Å². The Morgan fingerprint density at radius 3 is 2.66 bits per heavy atom. The normalized spacial score (nSPS) is 18.2. The smallest absolute Gasteiger partial charge is 0.445 e. The van der Waals surface area contributed by atoms with E-state index < -0.39 is 11.9 Å². The number of aliphatic imine (C=N–C) groups is 1. The third-order valence-corrected chi connectivity index (χ3v) is 6.61. The highest BCUT2D eigenvalue weighted by molar-refractivity contribution is 8.03. The number of rotatable bonds is 8. The van der Waals surface area contributed by atoms with E-state index in [0.29, 0.717) is 30.3 Å². The molecule has 170 valence electrons. The zero-order chi connectivity index (χ0) is 23.4. The Balaban J connectivity index is 1.59. The molecule has 0 aliphatic carbocycles. The van der Waals surface area contributed by atoms with Crippen molar-refractivity contribution in [2.75, 3.05) is 40.6 Å². The number of thioether (sulfide) groups is 1. The highest BCUT2D eigenvalue weighted by Gasteiger charge is 2.47. The fourth-order valence-corrected chi connectivity index (χ4v) is 4.58. The van der Waals surface area contributed by atoms with Crippen molar-refractivity contribution < 1.29 is 28.4 Å². The highest BCUT2D eigenvalue weighted by Crippen LogP contribution is 2.34. The van der Waals surface area contributed by atoms with E-state index in [2.05, 4.69) is 10.3 Å². The van der Waals surface area contributed by atoms with Gasteiger partial charge in [-0.15, -0.1) is 16.8 Å². The number of hydrogen-bond donors (Lipinski definition) is 1. The SMILES string of the molecule is COc1ccc(CCNC(=O)CSC2=C(C)C=NC3=[N+](C)C(=O)N(C)C(=O)C23)cc1OC. The number of nitrogens with zero attached hydrogens (tertiary/aromatic N) is 3. The lowest BCUT2D eigenvalue weighted by Crippen LogP contribution is -2.52. The van der Waals surface area contributed by atoms with Crippen LogP contribution in [0.4, 0.5) is 4.79 Å². The average Bonchev–Trinajstić information content (AvgIpc) is 2.80. The first kappa shape index (κ1) is 23.5. The van der Waals surface area contributed by atoms with Gasteiger partial charge in [-0.2, -0.15) is 9.48 Å². The minimum absolute atomic E-state index is 0.138. The van der Waals surface area contributed by atoms with Crippen LogP contribution >= 0.6 is 11.8 Å². The van der Waals surface area contributed by atoms with Crippen molar-refractivity contribution in [1.29, 1.82) is 0 Å². The first-order chi connectivity index (χ1) is 15.3. The van der Waals surface area contributed by atoms with Gasteiger partial charge in [-0.05, 0) is 36.6 Å². The number of benzene rings is 1.